The Balaban J connectivity index is 1.92. The van der Waals surface area contributed by atoms with Crippen LogP contribution in [0.5, 0.6) is 5.75 Å². The molecule has 1 aromatic carbocycles. The van der Waals surface area contributed by atoms with Crippen LogP contribution in [0.25, 0.3) is 0 Å². The first-order valence-corrected chi connectivity index (χ1v) is 7.52. The van der Waals surface area contributed by atoms with Crippen LogP contribution < -0.4 is 4.74 Å². The van der Waals surface area contributed by atoms with Crippen molar-refractivity contribution >= 4 is 17.7 Å². The van der Waals surface area contributed by atoms with Crippen molar-refractivity contribution in [1.29, 1.82) is 0 Å². The standard InChI is InChI=1S/C14H19NO2S/c1-11(14(16)15-9-3-4-10-15)17-12-5-7-13(18-2)8-6-12/h5-8,11H,3-4,9-10H2,1-2H3. The molecule has 0 radical (unpaired) electrons. The number of rotatable bonds is 4. The minimum Gasteiger partial charge on any atom is -0.481 e. The van der Waals surface area contributed by atoms with E-state index in [1.54, 1.807) is 11.8 Å². The molecule has 0 aliphatic carbocycles. The molecular formula is C14H19NO2S. The third-order valence-corrected chi connectivity index (χ3v) is 3.88. The number of nitrogens with zero attached hydrogens (tertiary/aromatic N) is 1. The largest absolute Gasteiger partial charge is 0.481 e. The van der Waals surface area contributed by atoms with Gasteiger partial charge >= 0.3 is 0 Å². The van der Waals surface area contributed by atoms with Gasteiger partial charge in [-0.2, -0.15) is 0 Å². The molecule has 0 bridgehead atoms. The fraction of sp³-hybridized carbons (Fsp3) is 0.500. The zero-order chi connectivity index (χ0) is 13.0. The second-order valence-corrected chi connectivity index (χ2v) is 5.35. The number of ether oxygens (including phenoxy) is 1. The van der Waals surface area contributed by atoms with Crippen molar-refractivity contribution < 1.29 is 9.53 Å². The van der Waals surface area contributed by atoms with E-state index >= 15 is 0 Å². The van der Waals surface area contributed by atoms with Gasteiger partial charge in [-0.05, 0) is 50.3 Å². The maximum Gasteiger partial charge on any atom is 0.263 e. The first kappa shape index (κ1) is 13.3. The third-order valence-electron chi connectivity index (χ3n) is 3.14. The van der Waals surface area contributed by atoms with Gasteiger partial charge in [0.15, 0.2) is 6.10 Å². The molecule has 2 rings (SSSR count). The van der Waals surface area contributed by atoms with Crippen LogP contribution in [0.1, 0.15) is 19.8 Å². The molecule has 1 amide bonds. The molecule has 0 N–H and O–H groups in total. The van der Waals surface area contributed by atoms with Crippen LogP contribution in [-0.4, -0.2) is 36.3 Å². The Morgan fingerprint density at radius 1 is 1.28 bits per heavy atom. The van der Waals surface area contributed by atoms with Gasteiger partial charge in [-0.15, -0.1) is 11.8 Å². The summed E-state index contributed by atoms with van der Waals surface area (Å²) < 4.78 is 5.69. The monoisotopic (exact) mass is 265 g/mol. The van der Waals surface area contributed by atoms with Gasteiger partial charge in [-0.25, -0.2) is 0 Å². The molecule has 0 spiro atoms. The van der Waals surface area contributed by atoms with E-state index in [1.807, 2.05) is 42.3 Å². The third kappa shape index (κ3) is 3.19. The summed E-state index contributed by atoms with van der Waals surface area (Å²) in [6.07, 6.45) is 3.86. The molecule has 98 valence electrons. The van der Waals surface area contributed by atoms with Gasteiger partial charge in [0.25, 0.3) is 5.91 Å². The number of hydrogen-bond donors (Lipinski definition) is 0. The Labute approximate surface area is 113 Å². The summed E-state index contributed by atoms with van der Waals surface area (Å²) in [7, 11) is 0. The number of benzene rings is 1. The number of carbonyl (C=O) groups is 1. The molecule has 4 heteroatoms. The lowest BCUT2D eigenvalue weighted by atomic mass is 10.3. The van der Waals surface area contributed by atoms with Gasteiger partial charge in [0.1, 0.15) is 5.75 Å². The van der Waals surface area contributed by atoms with E-state index in [0.717, 1.165) is 31.7 Å². The fourth-order valence-electron chi connectivity index (χ4n) is 2.10. The maximum absolute atomic E-state index is 12.1. The minimum absolute atomic E-state index is 0.0986. The van der Waals surface area contributed by atoms with E-state index in [0.29, 0.717) is 0 Å². The van der Waals surface area contributed by atoms with Crippen LogP contribution in [0.4, 0.5) is 0 Å². The van der Waals surface area contributed by atoms with E-state index in [1.165, 1.54) is 4.90 Å². The Bertz CT molecular complexity index is 399. The molecule has 1 fully saturated rings. The average molecular weight is 265 g/mol. The second-order valence-electron chi connectivity index (χ2n) is 4.47. The van der Waals surface area contributed by atoms with E-state index in [4.69, 9.17) is 4.74 Å². The molecule has 1 unspecified atom stereocenters. The summed E-state index contributed by atoms with van der Waals surface area (Å²) in [4.78, 5) is 15.2. The highest BCUT2D eigenvalue weighted by Crippen LogP contribution is 2.20. The lowest BCUT2D eigenvalue weighted by Crippen LogP contribution is -2.38. The minimum atomic E-state index is -0.400. The molecule has 3 nitrogen and oxygen atoms in total. The molecule has 0 aromatic heterocycles. The van der Waals surface area contributed by atoms with Crippen LogP contribution in [0.3, 0.4) is 0 Å². The quantitative estimate of drug-likeness (QED) is 0.784. The van der Waals surface area contributed by atoms with E-state index in [9.17, 15) is 4.79 Å². The smallest absolute Gasteiger partial charge is 0.263 e. The predicted molar refractivity (Wildman–Crippen MR) is 74.1 cm³/mol. The Morgan fingerprint density at radius 2 is 1.89 bits per heavy atom. The van der Waals surface area contributed by atoms with Crippen LogP contribution in [0.2, 0.25) is 0 Å². The van der Waals surface area contributed by atoms with Crippen molar-refractivity contribution in [2.24, 2.45) is 0 Å². The summed E-state index contributed by atoms with van der Waals surface area (Å²) >= 11 is 1.69. The number of likely N-dealkylation sites (tertiary alicyclic amines) is 1. The number of carbonyl (C=O) groups excluding carboxylic acids is 1. The summed E-state index contributed by atoms with van der Waals surface area (Å²) in [5, 5.41) is 0. The van der Waals surface area contributed by atoms with Crippen LogP contribution >= 0.6 is 11.8 Å². The SMILES string of the molecule is CSc1ccc(OC(C)C(=O)N2CCCC2)cc1. The van der Waals surface area contributed by atoms with Crippen molar-refractivity contribution in [1.82, 2.24) is 4.90 Å². The Morgan fingerprint density at radius 3 is 2.44 bits per heavy atom. The first-order chi connectivity index (χ1) is 8.70. The Hall–Kier alpha value is -1.16. The van der Waals surface area contributed by atoms with Crippen molar-refractivity contribution in [2.45, 2.75) is 30.8 Å². The van der Waals surface area contributed by atoms with Gasteiger partial charge < -0.3 is 9.64 Å². The van der Waals surface area contributed by atoms with Crippen molar-refractivity contribution in [3.63, 3.8) is 0 Å². The predicted octanol–water partition coefficient (Wildman–Crippen LogP) is 2.80. The lowest BCUT2D eigenvalue weighted by molar-refractivity contribution is -0.136. The van der Waals surface area contributed by atoms with Gasteiger partial charge in [0.2, 0.25) is 0 Å². The molecule has 1 saturated heterocycles. The van der Waals surface area contributed by atoms with E-state index in [-0.39, 0.29) is 5.91 Å². The van der Waals surface area contributed by atoms with E-state index < -0.39 is 6.10 Å². The number of hydrogen-bond acceptors (Lipinski definition) is 3. The summed E-state index contributed by atoms with van der Waals surface area (Å²) in [6, 6.07) is 7.85. The zero-order valence-electron chi connectivity index (χ0n) is 10.9. The van der Waals surface area contributed by atoms with Crippen LogP contribution in [0, 0.1) is 0 Å². The highest BCUT2D eigenvalue weighted by molar-refractivity contribution is 7.98. The average Bonchev–Trinajstić information content (AvgIpc) is 2.92. The van der Waals surface area contributed by atoms with E-state index in [2.05, 4.69) is 0 Å². The van der Waals surface area contributed by atoms with Crippen LogP contribution in [0.15, 0.2) is 29.2 Å². The van der Waals surface area contributed by atoms with Gasteiger partial charge in [0, 0.05) is 18.0 Å². The summed E-state index contributed by atoms with van der Waals surface area (Å²) in [5.74, 6) is 0.856. The first-order valence-electron chi connectivity index (χ1n) is 6.30. The summed E-state index contributed by atoms with van der Waals surface area (Å²) in [5.41, 5.74) is 0. The zero-order valence-corrected chi connectivity index (χ0v) is 11.7. The number of thioether (sulfide) groups is 1. The maximum atomic E-state index is 12.1. The van der Waals surface area contributed by atoms with Gasteiger partial charge in [-0.3, -0.25) is 4.79 Å². The lowest BCUT2D eigenvalue weighted by Gasteiger charge is -2.21. The van der Waals surface area contributed by atoms with Crippen molar-refractivity contribution in [3.05, 3.63) is 24.3 Å². The number of amides is 1. The fourth-order valence-corrected chi connectivity index (χ4v) is 2.51. The molecule has 1 heterocycles. The Kier molecular flexibility index (Phi) is 4.53. The van der Waals surface area contributed by atoms with Crippen molar-refractivity contribution in [2.75, 3.05) is 19.3 Å². The molecule has 1 aromatic rings. The summed E-state index contributed by atoms with van der Waals surface area (Å²) in [6.45, 7) is 3.57. The highest BCUT2D eigenvalue weighted by Gasteiger charge is 2.24. The second kappa shape index (κ2) is 6.14. The molecule has 1 aliphatic rings. The molecule has 18 heavy (non-hydrogen) atoms. The molecular weight excluding hydrogens is 246 g/mol. The highest BCUT2D eigenvalue weighted by atomic mass is 32.2. The normalized spacial score (nSPS) is 16.7. The molecule has 0 saturated carbocycles. The van der Waals surface area contributed by atoms with Gasteiger partial charge in [0.05, 0.1) is 0 Å². The van der Waals surface area contributed by atoms with Gasteiger partial charge in [-0.1, -0.05) is 0 Å². The van der Waals surface area contributed by atoms with Crippen molar-refractivity contribution in [3.8, 4) is 5.75 Å². The molecule has 1 atom stereocenters. The van der Waals surface area contributed by atoms with Crippen LogP contribution in [-0.2, 0) is 4.79 Å². The topological polar surface area (TPSA) is 29.5 Å². The molecule has 1 aliphatic heterocycles.